The molecule has 0 spiro atoms. The summed E-state index contributed by atoms with van der Waals surface area (Å²) >= 11 is 0. The van der Waals surface area contributed by atoms with Crippen molar-refractivity contribution >= 4 is 0 Å². The molecule has 1 aliphatic rings. The Morgan fingerprint density at radius 2 is 2.00 bits per heavy atom. The minimum absolute atomic E-state index is 0.319. The zero-order chi connectivity index (χ0) is 10.5. The van der Waals surface area contributed by atoms with Crippen LogP contribution in [0.2, 0.25) is 0 Å². The van der Waals surface area contributed by atoms with E-state index in [9.17, 15) is 0 Å². The first-order valence-corrected chi connectivity index (χ1v) is 5.19. The van der Waals surface area contributed by atoms with E-state index in [2.05, 4.69) is 6.92 Å². The second-order valence-electron chi connectivity index (χ2n) is 3.85. The molecule has 1 aliphatic heterocycles. The molecule has 0 N–H and O–H groups in total. The average molecular weight is 208 g/mol. The fourth-order valence-corrected chi connectivity index (χ4v) is 1.34. The maximum Gasteiger partial charge on any atom is 0.189 e. The summed E-state index contributed by atoms with van der Waals surface area (Å²) in [6, 6.07) is 7.94. The molecule has 0 unspecified atom stereocenters. The molecule has 0 bridgehead atoms. The fraction of sp³-hybridized carbons (Fsp3) is 0.500. The van der Waals surface area contributed by atoms with Crippen LogP contribution in [0.3, 0.4) is 0 Å². The molecule has 82 valence electrons. The van der Waals surface area contributed by atoms with Crippen LogP contribution in [0, 0.1) is 12.8 Å². The van der Waals surface area contributed by atoms with Crippen molar-refractivity contribution in [3.8, 4) is 5.75 Å². The third kappa shape index (κ3) is 3.22. The van der Waals surface area contributed by atoms with Crippen molar-refractivity contribution < 1.29 is 14.2 Å². The molecule has 1 heterocycles. The smallest absolute Gasteiger partial charge is 0.189 e. The molecule has 1 aromatic rings. The van der Waals surface area contributed by atoms with Crippen LogP contribution >= 0.6 is 0 Å². The molecular weight excluding hydrogens is 192 g/mol. The summed E-state index contributed by atoms with van der Waals surface area (Å²) in [7, 11) is 0. The third-order valence-corrected chi connectivity index (χ3v) is 2.39. The molecule has 1 fully saturated rings. The summed E-state index contributed by atoms with van der Waals surface area (Å²) in [6.07, 6.45) is 0. The normalized spacial score (nSPS) is 16.1. The minimum Gasteiger partial charge on any atom is -0.468 e. The van der Waals surface area contributed by atoms with E-state index in [-0.39, 0.29) is 0 Å². The molecule has 1 aromatic carbocycles. The summed E-state index contributed by atoms with van der Waals surface area (Å²) < 4.78 is 15.8. The topological polar surface area (TPSA) is 27.7 Å². The quantitative estimate of drug-likeness (QED) is 0.547. The summed E-state index contributed by atoms with van der Waals surface area (Å²) in [5, 5.41) is 0. The van der Waals surface area contributed by atoms with Crippen LogP contribution in [0.25, 0.3) is 0 Å². The van der Waals surface area contributed by atoms with Gasteiger partial charge in [-0.05, 0) is 19.1 Å². The molecule has 0 saturated carbocycles. The molecule has 0 amide bonds. The Morgan fingerprint density at radius 3 is 2.60 bits per heavy atom. The van der Waals surface area contributed by atoms with E-state index in [4.69, 9.17) is 14.2 Å². The van der Waals surface area contributed by atoms with Gasteiger partial charge in [0.05, 0.1) is 19.8 Å². The molecular formula is C12H16O3. The number of hydrogen-bond acceptors (Lipinski definition) is 3. The molecule has 1 saturated heterocycles. The van der Waals surface area contributed by atoms with Crippen molar-refractivity contribution in [3.05, 3.63) is 29.8 Å². The second kappa shape index (κ2) is 5.14. The molecule has 0 radical (unpaired) electrons. The van der Waals surface area contributed by atoms with Crippen LogP contribution < -0.4 is 4.74 Å². The van der Waals surface area contributed by atoms with Crippen molar-refractivity contribution in [1.29, 1.82) is 0 Å². The van der Waals surface area contributed by atoms with Gasteiger partial charge in [-0.3, -0.25) is 0 Å². The average Bonchev–Trinajstić information content (AvgIpc) is 2.18. The highest BCUT2D eigenvalue weighted by Gasteiger charge is 2.17. The summed E-state index contributed by atoms with van der Waals surface area (Å²) in [5.74, 6) is 1.41. The van der Waals surface area contributed by atoms with E-state index < -0.39 is 0 Å². The molecule has 3 nitrogen and oxygen atoms in total. The maximum atomic E-state index is 5.42. The lowest BCUT2D eigenvalue weighted by Gasteiger charge is -2.25. The zero-order valence-electron chi connectivity index (χ0n) is 8.94. The summed E-state index contributed by atoms with van der Waals surface area (Å²) in [6.45, 7) is 4.75. The van der Waals surface area contributed by atoms with Crippen LogP contribution in [-0.2, 0) is 9.47 Å². The Kier molecular flexibility index (Phi) is 3.59. The summed E-state index contributed by atoms with van der Waals surface area (Å²) in [5.41, 5.74) is 1.23. The number of ether oxygens (including phenoxy) is 3. The van der Waals surface area contributed by atoms with Crippen molar-refractivity contribution in [3.63, 3.8) is 0 Å². The summed E-state index contributed by atoms with van der Waals surface area (Å²) in [4.78, 5) is 0. The Hall–Kier alpha value is -1.06. The fourth-order valence-electron chi connectivity index (χ4n) is 1.34. The third-order valence-electron chi connectivity index (χ3n) is 2.39. The van der Waals surface area contributed by atoms with Gasteiger partial charge in [-0.15, -0.1) is 0 Å². The number of benzene rings is 1. The van der Waals surface area contributed by atoms with Crippen LogP contribution in [0.5, 0.6) is 5.75 Å². The largest absolute Gasteiger partial charge is 0.468 e. The Balaban J connectivity index is 1.62. The molecule has 0 aromatic heterocycles. The van der Waals surface area contributed by atoms with E-state index >= 15 is 0 Å². The van der Waals surface area contributed by atoms with E-state index in [1.54, 1.807) is 0 Å². The van der Waals surface area contributed by atoms with Gasteiger partial charge in [0.2, 0.25) is 0 Å². The number of aryl methyl sites for hydroxylation is 1. The molecule has 15 heavy (non-hydrogen) atoms. The Morgan fingerprint density at radius 1 is 1.27 bits per heavy atom. The highest BCUT2D eigenvalue weighted by Crippen LogP contribution is 2.12. The SMILES string of the molecule is Cc1ccc(OCOCC2COC2)cc1. The van der Waals surface area contributed by atoms with E-state index in [1.165, 1.54) is 5.56 Å². The monoisotopic (exact) mass is 208 g/mol. The first kappa shape index (κ1) is 10.5. The van der Waals surface area contributed by atoms with Gasteiger partial charge in [0.15, 0.2) is 6.79 Å². The predicted molar refractivity (Wildman–Crippen MR) is 56.9 cm³/mol. The van der Waals surface area contributed by atoms with Gasteiger partial charge in [-0.2, -0.15) is 0 Å². The maximum absolute atomic E-state index is 5.42. The van der Waals surface area contributed by atoms with E-state index in [0.717, 1.165) is 25.6 Å². The highest BCUT2D eigenvalue weighted by molar-refractivity contribution is 5.26. The standard InChI is InChI=1S/C12H16O3/c1-10-2-4-12(5-3-10)15-9-14-8-11-6-13-7-11/h2-5,11H,6-9H2,1H3. The van der Waals surface area contributed by atoms with Gasteiger partial charge in [0, 0.05) is 5.92 Å². The van der Waals surface area contributed by atoms with Crippen molar-refractivity contribution in [2.24, 2.45) is 5.92 Å². The molecule has 3 heteroatoms. The van der Waals surface area contributed by atoms with Crippen LogP contribution in [-0.4, -0.2) is 26.6 Å². The first-order valence-electron chi connectivity index (χ1n) is 5.19. The van der Waals surface area contributed by atoms with Crippen molar-refractivity contribution in [2.45, 2.75) is 6.92 Å². The van der Waals surface area contributed by atoms with Crippen molar-refractivity contribution in [2.75, 3.05) is 26.6 Å². The van der Waals surface area contributed by atoms with Crippen LogP contribution in [0.4, 0.5) is 0 Å². The van der Waals surface area contributed by atoms with E-state index in [0.29, 0.717) is 12.7 Å². The minimum atomic E-state index is 0.319. The van der Waals surface area contributed by atoms with Crippen LogP contribution in [0.1, 0.15) is 5.56 Å². The lowest BCUT2D eigenvalue weighted by molar-refractivity contribution is -0.0925. The Bertz CT molecular complexity index is 290. The van der Waals surface area contributed by atoms with Gasteiger partial charge in [0.1, 0.15) is 5.75 Å². The number of rotatable bonds is 5. The van der Waals surface area contributed by atoms with E-state index in [1.807, 2.05) is 24.3 Å². The van der Waals surface area contributed by atoms with Gasteiger partial charge in [0.25, 0.3) is 0 Å². The lowest BCUT2D eigenvalue weighted by Crippen LogP contribution is -2.32. The second-order valence-corrected chi connectivity index (χ2v) is 3.85. The molecule has 0 aliphatic carbocycles. The lowest BCUT2D eigenvalue weighted by atomic mass is 10.1. The van der Waals surface area contributed by atoms with Gasteiger partial charge >= 0.3 is 0 Å². The van der Waals surface area contributed by atoms with Crippen molar-refractivity contribution in [1.82, 2.24) is 0 Å². The Labute approximate surface area is 90.0 Å². The zero-order valence-corrected chi connectivity index (χ0v) is 8.94. The number of hydrogen-bond donors (Lipinski definition) is 0. The molecule has 2 rings (SSSR count). The highest BCUT2D eigenvalue weighted by atomic mass is 16.7. The van der Waals surface area contributed by atoms with Gasteiger partial charge in [-0.1, -0.05) is 17.7 Å². The molecule has 0 atom stereocenters. The predicted octanol–water partition coefficient (Wildman–Crippen LogP) is 1.99. The van der Waals surface area contributed by atoms with Crippen LogP contribution in [0.15, 0.2) is 24.3 Å². The van der Waals surface area contributed by atoms with Gasteiger partial charge in [-0.25, -0.2) is 0 Å². The first-order chi connectivity index (χ1) is 7.34. The van der Waals surface area contributed by atoms with Gasteiger partial charge < -0.3 is 14.2 Å².